The monoisotopic (exact) mass is 263 g/mol. The first-order valence-corrected chi connectivity index (χ1v) is 7.53. The molecule has 0 aliphatic heterocycles. The molecule has 3 nitrogen and oxygen atoms in total. The number of nitrogens with zero attached hydrogens (tertiary/aromatic N) is 1. The molecular weight excluding hydrogens is 242 g/mol. The third-order valence-corrected chi connectivity index (χ3v) is 4.61. The zero-order valence-corrected chi connectivity index (χ0v) is 11.5. The maximum atomic E-state index is 5.30. The van der Waals surface area contributed by atoms with E-state index in [0.29, 0.717) is 17.1 Å². The zero-order chi connectivity index (χ0) is 12.4. The van der Waals surface area contributed by atoms with Gasteiger partial charge in [-0.15, -0.1) is 0 Å². The highest BCUT2D eigenvalue weighted by Gasteiger charge is 2.37. The van der Waals surface area contributed by atoms with Crippen LogP contribution in [0.4, 0.5) is 0 Å². The third-order valence-electron chi connectivity index (χ3n) is 4.40. The van der Waals surface area contributed by atoms with Crippen molar-refractivity contribution in [1.82, 2.24) is 10.7 Å². The van der Waals surface area contributed by atoms with Crippen molar-refractivity contribution < 1.29 is 0 Å². The van der Waals surface area contributed by atoms with Gasteiger partial charge >= 0.3 is 0 Å². The Hall–Kier alpha value is -0.900. The first-order valence-electron chi connectivity index (χ1n) is 7.12. The van der Waals surface area contributed by atoms with Crippen molar-refractivity contribution in [2.75, 3.05) is 0 Å². The number of rotatable bonds is 2. The lowest BCUT2D eigenvalue weighted by atomic mass is 9.74. The molecule has 3 aliphatic carbocycles. The van der Waals surface area contributed by atoms with E-state index in [4.69, 9.17) is 12.2 Å². The molecule has 3 rings (SSSR count). The van der Waals surface area contributed by atoms with Gasteiger partial charge in [0.25, 0.3) is 0 Å². The number of hydrogen-bond donors (Lipinski definition) is 2. The van der Waals surface area contributed by atoms with Gasteiger partial charge in [-0.3, -0.25) is 5.43 Å². The lowest BCUT2D eigenvalue weighted by Gasteiger charge is -2.32. The Morgan fingerprint density at radius 3 is 2.89 bits per heavy atom. The summed E-state index contributed by atoms with van der Waals surface area (Å²) in [6, 6.07) is 0.557. The topological polar surface area (TPSA) is 36.4 Å². The Kier molecular flexibility index (Phi) is 3.64. The molecule has 2 fully saturated rings. The minimum absolute atomic E-state index is 0.557. The summed E-state index contributed by atoms with van der Waals surface area (Å²) in [5, 5.41) is 8.54. The number of nitrogens with one attached hydrogen (secondary N) is 2. The van der Waals surface area contributed by atoms with Crippen molar-refractivity contribution in [3.8, 4) is 0 Å². The van der Waals surface area contributed by atoms with Gasteiger partial charge in [-0.05, 0) is 43.8 Å². The number of allylic oxidation sites excluding steroid dienone is 2. The van der Waals surface area contributed by atoms with Gasteiger partial charge in [0.1, 0.15) is 0 Å². The average molecular weight is 263 g/mol. The molecule has 2 saturated carbocycles. The summed E-state index contributed by atoms with van der Waals surface area (Å²) in [5.74, 6) is 1.42. The second-order valence-corrected chi connectivity index (χ2v) is 6.07. The van der Waals surface area contributed by atoms with Crippen LogP contribution in [0, 0.1) is 11.8 Å². The molecule has 2 atom stereocenters. The van der Waals surface area contributed by atoms with Gasteiger partial charge in [-0.25, -0.2) is 0 Å². The molecule has 0 aromatic heterocycles. The summed E-state index contributed by atoms with van der Waals surface area (Å²) < 4.78 is 0. The van der Waals surface area contributed by atoms with Crippen molar-refractivity contribution in [2.24, 2.45) is 16.9 Å². The molecule has 98 valence electrons. The molecule has 0 aromatic rings. The third kappa shape index (κ3) is 2.58. The lowest BCUT2D eigenvalue weighted by molar-refractivity contribution is 0.412. The summed E-state index contributed by atoms with van der Waals surface area (Å²) in [7, 11) is 0. The number of fused-ring (bicyclic) bond motifs is 1. The highest BCUT2D eigenvalue weighted by Crippen LogP contribution is 2.39. The molecular formula is C14H21N3S. The molecule has 0 bridgehead atoms. The Morgan fingerprint density at radius 1 is 1.28 bits per heavy atom. The van der Waals surface area contributed by atoms with Crippen LogP contribution in [0.1, 0.15) is 44.9 Å². The van der Waals surface area contributed by atoms with E-state index in [1.54, 1.807) is 0 Å². The van der Waals surface area contributed by atoms with Crippen LogP contribution in [0.5, 0.6) is 0 Å². The number of thiocarbonyl (C=S) groups is 1. The fraction of sp³-hybridized carbons (Fsp3) is 0.714. The van der Waals surface area contributed by atoms with Crippen LogP contribution in [0.2, 0.25) is 0 Å². The van der Waals surface area contributed by atoms with Gasteiger partial charge in [0.2, 0.25) is 0 Å². The van der Waals surface area contributed by atoms with Crippen LogP contribution >= 0.6 is 12.2 Å². The van der Waals surface area contributed by atoms with Crippen LogP contribution in [-0.2, 0) is 0 Å². The van der Waals surface area contributed by atoms with E-state index < -0.39 is 0 Å². The van der Waals surface area contributed by atoms with Gasteiger partial charge in [0, 0.05) is 17.7 Å². The van der Waals surface area contributed by atoms with Crippen LogP contribution in [0.3, 0.4) is 0 Å². The zero-order valence-electron chi connectivity index (χ0n) is 10.7. The van der Waals surface area contributed by atoms with Gasteiger partial charge in [0.05, 0.1) is 0 Å². The molecule has 4 heteroatoms. The predicted octanol–water partition coefficient (Wildman–Crippen LogP) is 2.74. The van der Waals surface area contributed by atoms with Crippen LogP contribution < -0.4 is 10.7 Å². The molecule has 0 heterocycles. The number of hydrogen-bond acceptors (Lipinski definition) is 2. The quantitative estimate of drug-likeness (QED) is 0.457. The van der Waals surface area contributed by atoms with Crippen molar-refractivity contribution in [3.05, 3.63) is 12.2 Å². The molecule has 0 spiro atoms. The predicted molar refractivity (Wildman–Crippen MR) is 78.5 cm³/mol. The van der Waals surface area contributed by atoms with Gasteiger partial charge in [-0.1, -0.05) is 31.4 Å². The molecule has 18 heavy (non-hydrogen) atoms. The van der Waals surface area contributed by atoms with Gasteiger partial charge < -0.3 is 5.32 Å². The highest BCUT2D eigenvalue weighted by atomic mass is 32.1. The average Bonchev–Trinajstić information content (AvgIpc) is 2.72. The second kappa shape index (κ2) is 5.39. The van der Waals surface area contributed by atoms with E-state index >= 15 is 0 Å². The summed E-state index contributed by atoms with van der Waals surface area (Å²) in [6.07, 6.45) is 13.4. The van der Waals surface area contributed by atoms with E-state index in [9.17, 15) is 0 Å². The molecule has 0 aromatic carbocycles. The standard InChI is InChI=1S/C14H21N3S/c18-14(15-11-6-2-1-3-7-11)17-16-13-9-10-5-4-8-12(10)13/h4-5,10-12H,1-3,6-9H2,(H2,15,17,18)/b16-13-/t10-,12-/m1/s1. The Labute approximate surface area is 114 Å². The van der Waals surface area contributed by atoms with Gasteiger partial charge in [-0.2, -0.15) is 5.10 Å². The highest BCUT2D eigenvalue weighted by molar-refractivity contribution is 7.80. The largest absolute Gasteiger partial charge is 0.359 e. The van der Waals surface area contributed by atoms with Crippen LogP contribution in [-0.4, -0.2) is 16.9 Å². The first-order chi connectivity index (χ1) is 8.83. The number of hydrazone groups is 1. The Morgan fingerprint density at radius 2 is 2.11 bits per heavy atom. The summed E-state index contributed by atoms with van der Waals surface area (Å²) in [6.45, 7) is 0. The lowest BCUT2D eigenvalue weighted by Crippen LogP contribution is -2.42. The summed E-state index contributed by atoms with van der Waals surface area (Å²) in [5.41, 5.74) is 4.31. The molecule has 0 radical (unpaired) electrons. The van der Waals surface area contributed by atoms with Crippen LogP contribution in [0.15, 0.2) is 17.3 Å². The minimum atomic E-state index is 0.557. The molecule has 0 saturated heterocycles. The Balaban J connectivity index is 1.43. The summed E-state index contributed by atoms with van der Waals surface area (Å²) in [4.78, 5) is 0. The SMILES string of the molecule is S=C(N/N=C1/C[C@H]2C=CC[C@@H]12)NC1CCCCC1. The Bertz CT molecular complexity index is 383. The molecule has 3 aliphatic rings. The van der Waals surface area contributed by atoms with Crippen molar-refractivity contribution in [2.45, 2.75) is 51.0 Å². The molecule has 0 amide bonds. The smallest absolute Gasteiger partial charge is 0.187 e. The fourth-order valence-corrected chi connectivity index (χ4v) is 3.46. The van der Waals surface area contributed by atoms with Crippen molar-refractivity contribution in [1.29, 1.82) is 0 Å². The van der Waals surface area contributed by atoms with Gasteiger partial charge in [0.15, 0.2) is 5.11 Å². The first kappa shape index (κ1) is 12.2. The van der Waals surface area contributed by atoms with E-state index in [2.05, 4.69) is 28.0 Å². The van der Waals surface area contributed by atoms with Crippen molar-refractivity contribution in [3.63, 3.8) is 0 Å². The van der Waals surface area contributed by atoms with Crippen LogP contribution in [0.25, 0.3) is 0 Å². The second-order valence-electron chi connectivity index (χ2n) is 5.66. The minimum Gasteiger partial charge on any atom is -0.359 e. The fourth-order valence-electron chi connectivity index (χ4n) is 3.25. The maximum absolute atomic E-state index is 5.30. The van der Waals surface area contributed by atoms with E-state index in [-0.39, 0.29) is 0 Å². The normalized spacial score (nSPS) is 33.0. The van der Waals surface area contributed by atoms with E-state index in [1.165, 1.54) is 37.8 Å². The maximum Gasteiger partial charge on any atom is 0.187 e. The molecule has 0 unspecified atom stereocenters. The van der Waals surface area contributed by atoms with E-state index in [1.807, 2.05) is 0 Å². The van der Waals surface area contributed by atoms with Crippen molar-refractivity contribution >= 4 is 23.0 Å². The summed E-state index contributed by atoms with van der Waals surface area (Å²) >= 11 is 5.30. The molecule has 2 N–H and O–H groups in total. The van der Waals surface area contributed by atoms with E-state index in [0.717, 1.165) is 18.8 Å².